The molecule has 0 bridgehead atoms. The zero-order valence-corrected chi connectivity index (χ0v) is 10.2. The maximum absolute atomic E-state index is 5.90. The second kappa shape index (κ2) is 5.55. The van der Waals surface area contributed by atoms with Crippen molar-refractivity contribution in [1.29, 1.82) is 0 Å². The zero-order valence-electron chi connectivity index (χ0n) is 9.42. The summed E-state index contributed by atoms with van der Waals surface area (Å²) in [5.74, 6) is 1.76. The number of hydrogen-bond donors (Lipinski definition) is 1. The van der Waals surface area contributed by atoms with Gasteiger partial charge in [-0.1, -0.05) is 30.9 Å². The summed E-state index contributed by atoms with van der Waals surface area (Å²) in [6.45, 7) is 1.26. The van der Waals surface area contributed by atoms with Crippen LogP contribution in [0.2, 0.25) is 5.02 Å². The molecule has 1 fully saturated rings. The molecule has 0 unspecified atom stereocenters. The minimum Gasteiger partial charge on any atom is -0.493 e. The molecule has 0 amide bonds. The lowest BCUT2D eigenvalue weighted by Gasteiger charge is -2.25. The van der Waals surface area contributed by atoms with Gasteiger partial charge in [0, 0.05) is 17.1 Å². The Labute approximate surface area is 102 Å². The second-order valence-corrected chi connectivity index (χ2v) is 4.83. The van der Waals surface area contributed by atoms with E-state index in [9.17, 15) is 0 Å². The van der Waals surface area contributed by atoms with Crippen LogP contribution in [0, 0.1) is 5.92 Å². The Bertz CT molecular complexity index is 350. The lowest BCUT2D eigenvalue weighted by atomic mass is 9.83. The van der Waals surface area contributed by atoms with E-state index in [0.29, 0.717) is 11.6 Å². The molecule has 0 aromatic heterocycles. The number of benzene rings is 1. The molecule has 2 nitrogen and oxygen atoms in total. The van der Waals surface area contributed by atoms with Crippen molar-refractivity contribution in [2.24, 2.45) is 11.7 Å². The third-order valence-electron chi connectivity index (χ3n) is 3.25. The first-order valence-corrected chi connectivity index (χ1v) is 6.28. The molecule has 1 saturated carbocycles. The smallest absolute Gasteiger partial charge is 0.123 e. The summed E-state index contributed by atoms with van der Waals surface area (Å²) < 4.78 is 5.75. The van der Waals surface area contributed by atoms with Crippen molar-refractivity contribution in [3.05, 3.63) is 28.8 Å². The van der Waals surface area contributed by atoms with Gasteiger partial charge in [-0.05, 0) is 30.5 Å². The third kappa shape index (κ3) is 2.89. The predicted octanol–water partition coefficient (Wildman–Crippen LogP) is 3.37. The van der Waals surface area contributed by atoms with Crippen LogP contribution in [0.5, 0.6) is 5.75 Å². The van der Waals surface area contributed by atoms with Crippen LogP contribution in [0.15, 0.2) is 18.2 Å². The summed E-state index contributed by atoms with van der Waals surface area (Å²) in [4.78, 5) is 0. The summed E-state index contributed by atoms with van der Waals surface area (Å²) in [6.07, 6.45) is 5.29. The minimum absolute atomic E-state index is 0.472. The molecule has 0 atom stereocenters. The van der Waals surface area contributed by atoms with Gasteiger partial charge in [0.05, 0.1) is 6.61 Å². The van der Waals surface area contributed by atoms with Crippen molar-refractivity contribution < 1.29 is 4.74 Å². The maximum atomic E-state index is 5.90. The molecule has 3 heteroatoms. The lowest BCUT2D eigenvalue weighted by molar-refractivity contribution is 0.221. The minimum atomic E-state index is 0.472. The fourth-order valence-electron chi connectivity index (χ4n) is 1.97. The summed E-state index contributed by atoms with van der Waals surface area (Å²) >= 11 is 5.90. The first-order valence-electron chi connectivity index (χ1n) is 5.91. The van der Waals surface area contributed by atoms with Gasteiger partial charge in [-0.15, -0.1) is 0 Å². The Morgan fingerprint density at radius 3 is 2.81 bits per heavy atom. The highest BCUT2D eigenvalue weighted by Crippen LogP contribution is 2.30. The van der Waals surface area contributed by atoms with E-state index in [0.717, 1.165) is 30.3 Å². The van der Waals surface area contributed by atoms with Gasteiger partial charge < -0.3 is 10.5 Å². The molecule has 2 N–H and O–H groups in total. The van der Waals surface area contributed by atoms with Crippen molar-refractivity contribution in [2.75, 3.05) is 6.61 Å². The molecule has 88 valence electrons. The third-order valence-corrected chi connectivity index (χ3v) is 3.49. The van der Waals surface area contributed by atoms with Gasteiger partial charge in [0.2, 0.25) is 0 Å². The Morgan fingerprint density at radius 1 is 1.38 bits per heavy atom. The van der Waals surface area contributed by atoms with Crippen LogP contribution in [0.3, 0.4) is 0 Å². The molecule has 16 heavy (non-hydrogen) atoms. The molecule has 1 aromatic rings. The SMILES string of the molecule is NCc1cc(Cl)ccc1OCCC1CCC1. The average molecular weight is 240 g/mol. The second-order valence-electron chi connectivity index (χ2n) is 4.39. The van der Waals surface area contributed by atoms with Crippen LogP contribution in [-0.2, 0) is 6.54 Å². The quantitative estimate of drug-likeness (QED) is 0.855. The molecule has 1 aromatic carbocycles. The van der Waals surface area contributed by atoms with Gasteiger partial charge in [0.1, 0.15) is 5.75 Å². The molecule has 1 aliphatic rings. The number of nitrogens with two attached hydrogens (primary N) is 1. The van der Waals surface area contributed by atoms with Crippen LogP contribution < -0.4 is 10.5 Å². The van der Waals surface area contributed by atoms with Crippen LogP contribution in [-0.4, -0.2) is 6.61 Å². The fraction of sp³-hybridized carbons (Fsp3) is 0.538. The highest BCUT2D eigenvalue weighted by atomic mass is 35.5. The normalized spacial score (nSPS) is 15.9. The molecular weight excluding hydrogens is 222 g/mol. The van der Waals surface area contributed by atoms with Crippen molar-refractivity contribution in [3.8, 4) is 5.75 Å². The van der Waals surface area contributed by atoms with Crippen molar-refractivity contribution in [2.45, 2.75) is 32.2 Å². The van der Waals surface area contributed by atoms with Gasteiger partial charge in [0.15, 0.2) is 0 Å². The summed E-state index contributed by atoms with van der Waals surface area (Å²) in [6, 6.07) is 5.63. The Kier molecular flexibility index (Phi) is 4.08. The Hall–Kier alpha value is -0.730. The molecular formula is C13H18ClNO. The number of halogens is 1. The maximum Gasteiger partial charge on any atom is 0.123 e. The number of ether oxygens (including phenoxy) is 1. The number of rotatable bonds is 5. The largest absolute Gasteiger partial charge is 0.493 e. The van der Waals surface area contributed by atoms with E-state index >= 15 is 0 Å². The van der Waals surface area contributed by atoms with Crippen LogP contribution >= 0.6 is 11.6 Å². The standard InChI is InChI=1S/C13H18ClNO/c14-12-4-5-13(11(8-12)9-15)16-7-6-10-2-1-3-10/h4-5,8,10H,1-3,6-7,9,15H2. The van der Waals surface area contributed by atoms with E-state index in [1.807, 2.05) is 18.2 Å². The van der Waals surface area contributed by atoms with E-state index in [2.05, 4.69) is 0 Å². The van der Waals surface area contributed by atoms with Crippen molar-refractivity contribution in [1.82, 2.24) is 0 Å². The van der Waals surface area contributed by atoms with E-state index in [1.165, 1.54) is 19.3 Å². The Morgan fingerprint density at radius 2 is 2.19 bits per heavy atom. The predicted molar refractivity (Wildman–Crippen MR) is 66.8 cm³/mol. The fourth-order valence-corrected chi connectivity index (χ4v) is 2.16. The Balaban J connectivity index is 1.87. The molecule has 0 heterocycles. The molecule has 2 rings (SSSR count). The van der Waals surface area contributed by atoms with Gasteiger partial charge in [-0.3, -0.25) is 0 Å². The van der Waals surface area contributed by atoms with Crippen molar-refractivity contribution in [3.63, 3.8) is 0 Å². The summed E-state index contributed by atoms with van der Waals surface area (Å²) in [7, 11) is 0. The van der Waals surface area contributed by atoms with Gasteiger partial charge in [-0.25, -0.2) is 0 Å². The van der Waals surface area contributed by atoms with Gasteiger partial charge >= 0.3 is 0 Å². The monoisotopic (exact) mass is 239 g/mol. The molecule has 0 aliphatic heterocycles. The molecule has 1 aliphatic carbocycles. The van der Waals surface area contributed by atoms with Crippen LogP contribution in [0.4, 0.5) is 0 Å². The molecule has 0 radical (unpaired) electrons. The highest BCUT2D eigenvalue weighted by molar-refractivity contribution is 6.30. The summed E-state index contributed by atoms with van der Waals surface area (Å²) in [5.41, 5.74) is 6.64. The van der Waals surface area contributed by atoms with E-state index < -0.39 is 0 Å². The van der Waals surface area contributed by atoms with Crippen LogP contribution in [0.1, 0.15) is 31.2 Å². The summed E-state index contributed by atoms with van der Waals surface area (Å²) in [5, 5.41) is 0.715. The van der Waals surface area contributed by atoms with Crippen LogP contribution in [0.25, 0.3) is 0 Å². The van der Waals surface area contributed by atoms with E-state index in [-0.39, 0.29) is 0 Å². The van der Waals surface area contributed by atoms with Crippen molar-refractivity contribution >= 4 is 11.6 Å². The first kappa shape index (κ1) is 11.7. The van der Waals surface area contributed by atoms with Gasteiger partial charge in [-0.2, -0.15) is 0 Å². The molecule has 0 saturated heterocycles. The lowest BCUT2D eigenvalue weighted by Crippen LogP contribution is -2.15. The van der Waals surface area contributed by atoms with Gasteiger partial charge in [0.25, 0.3) is 0 Å². The average Bonchev–Trinajstić information content (AvgIpc) is 2.23. The number of hydrogen-bond acceptors (Lipinski definition) is 2. The zero-order chi connectivity index (χ0) is 11.4. The highest BCUT2D eigenvalue weighted by Gasteiger charge is 2.17. The van der Waals surface area contributed by atoms with E-state index in [1.54, 1.807) is 0 Å². The van der Waals surface area contributed by atoms with E-state index in [4.69, 9.17) is 22.1 Å². The molecule has 0 spiro atoms. The topological polar surface area (TPSA) is 35.2 Å². The first-order chi connectivity index (χ1) is 7.79.